The van der Waals surface area contributed by atoms with Crippen LogP contribution in [0.15, 0.2) is 6.07 Å². The zero-order valence-corrected chi connectivity index (χ0v) is 8.92. The predicted octanol–water partition coefficient (Wildman–Crippen LogP) is 2.77. The first-order valence-corrected chi connectivity index (χ1v) is 5.25. The molecule has 0 fully saturated rings. The molecule has 0 spiro atoms. The van der Waals surface area contributed by atoms with Gasteiger partial charge in [0.25, 0.3) is 0 Å². The molecular formula is C10H13F3N2O. The quantitative estimate of drug-likeness (QED) is 0.747. The van der Waals surface area contributed by atoms with Gasteiger partial charge in [0.1, 0.15) is 0 Å². The summed E-state index contributed by atoms with van der Waals surface area (Å²) in [5.41, 5.74) is -0.317. The minimum atomic E-state index is -4.38. The zero-order chi connectivity index (χ0) is 11.8. The third-order valence-electron chi connectivity index (χ3n) is 2.77. The molecule has 1 aromatic rings. The van der Waals surface area contributed by atoms with Gasteiger partial charge >= 0.3 is 6.18 Å². The average molecular weight is 234 g/mol. The van der Waals surface area contributed by atoms with Crippen molar-refractivity contribution in [1.82, 2.24) is 9.78 Å². The second-order valence-corrected chi connectivity index (χ2v) is 3.87. The lowest BCUT2D eigenvalue weighted by Crippen LogP contribution is -2.13. The molecule has 2 rings (SSSR count). The Bertz CT molecular complexity index is 373. The minimum absolute atomic E-state index is 0.00796. The lowest BCUT2D eigenvalue weighted by Gasteiger charge is -2.14. The maximum atomic E-state index is 12.5. The highest BCUT2D eigenvalue weighted by atomic mass is 19.4. The Morgan fingerprint density at radius 3 is 2.94 bits per heavy atom. The summed E-state index contributed by atoms with van der Waals surface area (Å²) in [6, 6.07) is 1.09. The number of aromatic nitrogens is 2. The van der Waals surface area contributed by atoms with Crippen molar-refractivity contribution in [2.24, 2.45) is 0 Å². The fourth-order valence-corrected chi connectivity index (χ4v) is 1.89. The van der Waals surface area contributed by atoms with Crippen LogP contribution in [0.4, 0.5) is 13.2 Å². The summed E-state index contributed by atoms with van der Waals surface area (Å²) in [5.74, 6) is 0. The third kappa shape index (κ3) is 2.07. The number of hydrogen-bond donors (Lipinski definition) is 0. The molecule has 0 bridgehead atoms. The van der Waals surface area contributed by atoms with Crippen molar-refractivity contribution >= 4 is 0 Å². The number of ether oxygens (including phenoxy) is 1. The fraction of sp³-hybridized carbons (Fsp3) is 0.700. The van der Waals surface area contributed by atoms with Gasteiger partial charge in [0.2, 0.25) is 0 Å². The molecule has 1 atom stereocenters. The largest absolute Gasteiger partial charge is 0.435 e. The van der Waals surface area contributed by atoms with E-state index < -0.39 is 11.9 Å². The molecule has 1 aliphatic rings. The summed E-state index contributed by atoms with van der Waals surface area (Å²) in [4.78, 5) is 0. The molecule has 0 amide bonds. The first-order chi connectivity index (χ1) is 7.52. The summed E-state index contributed by atoms with van der Waals surface area (Å²) in [7, 11) is 0. The van der Waals surface area contributed by atoms with Crippen molar-refractivity contribution in [3.05, 3.63) is 17.5 Å². The van der Waals surface area contributed by atoms with Crippen molar-refractivity contribution < 1.29 is 17.9 Å². The predicted molar refractivity (Wildman–Crippen MR) is 50.8 cm³/mol. The summed E-state index contributed by atoms with van der Waals surface area (Å²) in [6.45, 7) is 2.72. The zero-order valence-electron chi connectivity index (χ0n) is 8.92. The molecule has 0 saturated heterocycles. The average Bonchev–Trinajstić information content (AvgIpc) is 2.54. The molecule has 0 radical (unpaired) electrons. The molecule has 0 aromatic carbocycles. The van der Waals surface area contributed by atoms with Crippen LogP contribution in [0.2, 0.25) is 0 Å². The number of hydrogen-bond acceptors (Lipinski definition) is 2. The standard InChI is InChI=1S/C10H13F3N2O/c1-2-7-3-4-16-6-8-5-9(10(11,12)13)14-15(7)8/h5,7H,2-4,6H2,1H3. The lowest BCUT2D eigenvalue weighted by atomic mass is 10.2. The SMILES string of the molecule is CCC1CCOCc2cc(C(F)(F)F)nn21. The van der Waals surface area contributed by atoms with E-state index in [1.54, 1.807) is 0 Å². The molecular weight excluding hydrogens is 221 g/mol. The second kappa shape index (κ2) is 4.08. The van der Waals surface area contributed by atoms with Crippen LogP contribution in [0.25, 0.3) is 0 Å². The Morgan fingerprint density at radius 2 is 2.31 bits per heavy atom. The van der Waals surface area contributed by atoms with E-state index in [1.807, 2.05) is 6.92 Å². The van der Waals surface area contributed by atoms with E-state index in [4.69, 9.17) is 4.74 Å². The molecule has 0 aliphatic carbocycles. The van der Waals surface area contributed by atoms with Crippen LogP contribution >= 0.6 is 0 Å². The van der Waals surface area contributed by atoms with E-state index in [9.17, 15) is 13.2 Å². The topological polar surface area (TPSA) is 27.1 Å². The van der Waals surface area contributed by atoms with Gasteiger partial charge in [0.05, 0.1) is 18.3 Å². The molecule has 1 aliphatic heterocycles. The minimum Gasteiger partial charge on any atom is -0.375 e. The van der Waals surface area contributed by atoms with Crippen LogP contribution in [0.5, 0.6) is 0 Å². The van der Waals surface area contributed by atoms with Crippen LogP contribution in [0.3, 0.4) is 0 Å². The van der Waals surface area contributed by atoms with Crippen molar-refractivity contribution in [3.8, 4) is 0 Å². The lowest BCUT2D eigenvalue weighted by molar-refractivity contribution is -0.141. The van der Waals surface area contributed by atoms with Crippen LogP contribution < -0.4 is 0 Å². The number of rotatable bonds is 1. The Kier molecular flexibility index (Phi) is 2.92. The fourth-order valence-electron chi connectivity index (χ4n) is 1.89. The van der Waals surface area contributed by atoms with Gasteiger partial charge < -0.3 is 4.74 Å². The summed E-state index contributed by atoms with van der Waals surface area (Å²) >= 11 is 0. The molecule has 0 N–H and O–H groups in total. The smallest absolute Gasteiger partial charge is 0.375 e. The molecule has 1 aromatic heterocycles. The number of halogens is 3. The van der Waals surface area contributed by atoms with Crippen molar-refractivity contribution in [2.75, 3.05) is 6.61 Å². The van der Waals surface area contributed by atoms with E-state index in [0.29, 0.717) is 18.7 Å². The molecule has 1 unspecified atom stereocenters. The Hall–Kier alpha value is -1.04. The van der Waals surface area contributed by atoms with Gasteiger partial charge in [-0.05, 0) is 18.9 Å². The van der Waals surface area contributed by atoms with Crippen molar-refractivity contribution in [2.45, 2.75) is 38.6 Å². The molecule has 0 saturated carbocycles. The summed E-state index contributed by atoms with van der Waals surface area (Å²) in [5, 5.41) is 3.65. The van der Waals surface area contributed by atoms with Crippen LogP contribution in [-0.4, -0.2) is 16.4 Å². The van der Waals surface area contributed by atoms with Gasteiger partial charge in [-0.1, -0.05) is 6.92 Å². The van der Waals surface area contributed by atoms with Crippen LogP contribution in [0.1, 0.15) is 37.2 Å². The summed E-state index contributed by atoms with van der Waals surface area (Å²) in [6.07, 6.45) is -2.91. The number of alkyl halides is 3. The maximum absolute atomic E-state index is 12.5. The normalized spacial score (nSPS) is 21.6. The molecule has 3 nitrogen and oxygen atoms in total. The molecule has 2 heterocycles. The van der Waals surface area contributed by atoms with Crippen LogP contribution in [0, 0.1) is 0 Å². The van der Waals surface area contributed by atoms with Gasteiger partial charge in [0.15, 0.2) is 5.69 Å². The highest BCUT2D eigenvalue weighted by Crippen LogP contribution is 2.31. The Labute approximate surface area is 91.2 Å². The van der Waals surface area contributed by atoms with E-state index >= 15 is 0 Å². The second-order valence-electron chi connectivity index (χ2n) is 3.87. The van der Waals surface area contributed by atoms with Crippen molar-refractivity contribution in [3.63, 3.8) is 0 Å². The Balaban J connectivity index is 2.37. The highest BCUT2D eigenvalue weighted by molar-refractivity contribution is 5.14. The molecule has 6 heteroatoms. The molecule has 90 valence electrons. The van der Waals surface area contributed by atoms with E-state index in [2.05, 4.69) is 5.10 Å². The maximum Gasteiger partial charge on any atom is 0.435 e. The first-order valence-electron chi connectivity index (χ1n) is 5.25. The third-order valence-corrected chi connectivity index (χ3v) is 2.77. The van der Waals surface area contributed by atoms with Crippen LogP contribution in [-0.2, 0) is 17.5 Å². The van der Waals surface area contributed by atoms with E-state index in [0.717, 1.165) is 12.5 Å². The Morgan fingerprint density at radius 1 is 1.56 bits per heavy atom. The summed E-state index contributed by atoms with van der Waals surface area (Å²) < 4.78 is 44.2. The van der Waals surface area contributed by atoms with Gasteiger partial charge in [-0.3, -0.25) is 4.68 Å². The first kappa shape index (κ1) is 11.4. The van der Waals surface area contributed by atoms with E-state index in [-0.39, 0.29) is 12.6 Å². The highest BCUT2D eigenvalue weighted by Gasteiger charge is 2.36. The number of fused-ring (bicyclic) bond motifs is 1. The van der Waals surface area contributed by atoms with Gasteiger partial charge in [-0.25, -0.2) is 0 Å². The number of nitrogens with zero attached hydrogens (tertiary/aromatic N) is 2. The van der Waals surface area contributed by atoms with Gasteiger partial charge in [-0.15, -0.1) is 0 Å². The van der Waals surface area contributed by atoms with Gasteiger partial charge in [0, 0.05) is 6.61 Å². The van der Waals surface area contributed by atoms with Crippen molar-refractivity contribution in [1.29, 1.82) is 0 Å². The van der Waals surface area contributed by atoms with E-state index in [1.165, 1.54) is 4.68 Å². The monoisotopic (exact) mass is 234 g/mol. The molecule has 16 heavy (non-hydrogen) atoms. The van der Waals surface area contributed by atoms with Gasteiger partial charge in [-0.2, -0.15) is 18.3 Å².